The zero-order chi connectivity index (χ0) is 30.6. The first-order chi connectivity index (χ1) is 21.2. The minimum Gasteiger partial charge on any atom is -0.388 e. The minimum atomic E-state index is -1.14. The number of hydrogen-bond donors (Lipinski definition) is 2. The van der Waals surface area contributed by atoms with Gasteiger partial charge in [-0.15, -0.1) is 0 Å². The number of hydrogen-bond acceptors (Lipinski definition) is 7. The van der Waals surface area contributed by atoms with Gasteiger partial charge in [0.1, 0.15) is 11.3 Å². The first-order valence-electron chi connectivity index (χ1n) is 15.3. The molecule has 1 amide bonds. The molecule has 2 aromatic carbocycles. The van der Waals surface area contributed by atoms with E-state index in [9.17, 15) is 19.1 Å². The van der Waals surface area contributed by atoms with Gasteiger partial charge < -0.3 is 15.3 Å². The van der Waals surface area contributed by atoms with Gasteiger partial charge in [-0.2, -0.15) is 4.37 Å². The van der Waals surface area contributed by atoms with Crippen molar-refractivity contribution in [1.29, 1.82) is 0 Å². The second-order valence-corrected chi connectivity index (χ2v) is 13.8. The molecule has 3 aliphatic rings. The zero-order valence-corrected chi connectivity index (χ0v) is 26.1. The van der Waals surface area contributed by atoms with Crippen molar-refractivity contribution < 1.29 is 14.3 Å². The van der Waals surface area contributed by atoms with E-state index in [0.29, 0.717) is 54.9 Å². The molecular weight excluding hydrogens is 601 g/mol. The van der Waals surface area contributed by atoms with Crippen molar-refractivity contribution >= 4 is 40.1 Å². The van der Waals surface area contributed by atoms with E-state index in [2.05, 4.69) is 20.7 Å². The van der Waals surface area contributed by atoms with Crippen LogP contribution in [0.1, 0.15) is 54.7 Å². The van der Waals surface area contributed by atoms with Gasteiger partial charge in [0.2, 0.25) is 5.91 Å². The molecule has 2 aliphatic carbocycles. The minimum absolute atomic E-state index is 0.0511. The molecule has 2 N–H and O–H groups in total. The molecule has 2 atom stereocenters. The normalized spacial score (nSPS) is 20.2. The Morgan fingerprint density at radius 2 is 1.91 bits per heavy atom. The van der Waals surface area contributed by atoms with E-state index in [0.717, 1.165) is 47.3 Å². The molecule has 1 saturated heterocycles. The number of rotatable bonds is 8. The van der Waals surface area contributed by atoms with Crippen LogP contribution in [0.4, 0.5) is 4.39 Å². The second kappa shape index (κ2) is 11.6. The van der Waals surface area contributed by atoms with Gasteiger partial charge in [0.15, 0.2) is 5.52 Å². The molecule has 1 aliphatic heterocycles. The van der Waals surface area contributed by atoms with Gasteiger partial charge in [-0.05, 0) is 97.8 Å². The van der Waals surface area contributed by atoms with Crippen molar-refractivity contribution in [3.05, 3.63) is 80.6 Å². The monoisotopic (exact) mass is 635 g/mol. The number of aromatic nitrogens is 3. The molecule has 3 heterocycles. The zero-order valence-electron chi connectivity index (χ0n) is 24.6. The third kappa shape index (κ3) is 5.57. The average Bonchev–Trinajstić information content (AvgIpc) is 3.62. The number of benzene rings is 2. The molecular formula is C33H35ClFN5O3S. The highest BCUT2D eigenvalue weighted by atomic mass is 35.5. The molecule has 8 nitrogen and oxygen atoms in total. The van der Waals surface area contributed by atoms with E-state index in [1.165, 1.54) is 40.1 Å². The van der Waals surface area contributed by atoms with Crippen molar-refractivity contribution in [3.8, 4) is 10.4 Å². The molecule has 4 aromatic rings. The van der Waals surface area contributed by atoms with Crippen LogP contribution < -0.4 is 10.9 Å². The molecule has 1 saturated carbocycles. The maximum Gasteiger partial charge on any atom is 0.281 e. The Balaban J connectivity index is 1.03. The first kappa shape index (κ1) is 29.5. The highest BCUT2D eigenvalue weighted by Gasteiger charge is 2.38. The predicted molar refractivity (Wildman–Crippen MR) is 170 cm³/mol. The number of carbonyl (C=O) groups excluding carboxylic acids is 1. The van der Waals surface area contributed by atoms with Crippen LogP contribution in [0.3, 0.4) is 0 Å². The number of nitrogens with one attached hydrogen (secondary N) is 1. The average molecular weight is 636 g/mol. The highest BCUT2D eigenvalue weighted by Crippen LogP contribution is 2.45. The third-order valence-electron chi connectivity index (χ3n) is 9.76. The molecule has 11 heteroatoms. The molecule has 44 heavy (non-hydrogen) atoms. The van der Waals surface area contributed by atoms with Crippen LogP contribution in [0.25, 0.3) is 21.5 Å². The largest absolute Gasteiger partial charge is 0.388 e. The number of carbonyl (C=O) groups is 1. The summed E-state index contributed by atoms with van der Waals surface area (Å²) in [4.78, 5) is 33.9. The highest BCUT2D eigenvalue weighted by molar-refractivity contribution is 7.11. The van der Waals surface area contributed by atoms with E-state index in [1.807, 2.05) is 18.0 Å². The van der Waals surface area contributed by atoms with Crippen molar-refractivity contribution in [2.75, 3.05) is 20.1 Å². The number of fused-ring (bicyclic) bond motifs is 2. The Morgan fingerprint density at radius 3 is 2.61 bits per heavy atom. The lowest BCUT2D eigenvalue weighted by Crippen LogP contribution is -2.49. The standard InChI is InChI=1S/C33H35ClFN5O3S/c1-36-23-14-21-6-9-24(28(34)26(21)15-23)31-29-30(38-44-31)32(42)40(18-37-29)17-33(43)10-12-39(13-11-33)27(41)16-25(19-2-3-19)20-4-7-22(35)8-5-20/h4-9,18-19,23,25,36,43H,2-3,10-17H2,1H3. The number of likely N-dealkylation sites (tertiary alicyclic amines) is 1. The maximum atomic E-state index is 13.5. The van der Waals surface area contributed by atoms with Gasteiger partial charge in [0.25, 0.3) is 5.56 Å². The molecule has 0 bridgehead atoms. The number of piperidine rings is 1. The van der Waals surface area contributed by atoms with Crippen LogP contribution in [0, 0.1) is 11.7 Å². The molecule has 2 unspecified atom stereocenters. The van der Waals surface area contributed by atoms with E-state index in [4.69, 9.17) is 11.6 Å². The Morgan fingerprint density at radius 1 is 1.16 bits per heavy atom. The molecule has 2 aromatic heterocycles. The first-order valence-corrected chi connectivity index (χ1v) is 16.5. The summed E-state index contributed by atoms with van der Waals surface area (Å²) >= 11 is 8.08. The molecule has 7 rings (SSSR count). The Bertz CT molecular complexity index is 1780. The molecule has 2 fully saturated rings. The molecule has 230 valence electrons. The Kier molecular flexibility index (Phi) is 7.81. The quantitative estimate of drug-likeness (QED) is 0.285. The van der Waals surface area contributed by atoms with Crippen molar-refractivity contribution in [2.24, 2.45) is 5.92 Å². The summed E-state index contributed by atoms with van der Waals surface area (Å²) in [5.74, 6) is 0.312. The molecule has 0 spiro atoms. The van der Waals surface area contributed by atoms with E-state index in [1.54, 1.807) is 12.1 Å². The second-order valence-electron chi connectivity index (χ2n) is 12.6. The Labute approximate surface area is 264 Å². The van der Waals surface area contributed by atoms with Crippen LogP contribution in [-0.2, 0) is 24.2 Å². The van der Waals surface area contributed by atoms with Crippen molar-refractivity contribution in [3.63, 3.8) is 0 Å². The molecule has 0 radical (unpaired) electrons. The van der Waals surface area contributed by atoms with E-state index in [-0.39, 0.29) is 35.3 Å². The van der Waals surface area contributed by atoms with Gasteiger partial charge in [0, 0.05) is 31.1 Å². The summed E-state index contributed by atoms with van der Waals surface area (Å²) in [7, 11) is 1.96. The van der Waals surface area contributed by atoms with Gasteiger partial charge >= 0.3 is 0 Å². The Hall–Kier alpha value is -3.18. The fourth-order valence-corrected chi connectivity index (χ4v) is 8.18. The lowest BCUT2D eigenvalue weighted by Gasteiger charge is -2.38. The van der Waals surface area contributed by atoms with Crippen molar-refractivity contribution in [2.45, 2.75) is 69.1 Å². The topological polar surface area (TPSA) is 100 Å². The summed E-state index contributed by atoms with van der Waals surface area (Å²) < 4.78 is 19.4. The van der Waals surface area contributed by atoms with Crippen LogP contribution >= 0.6 is 23.1 Å². The SMILES string of the molecule is CNC1Cc2ccc(-c3snc4c(=O)n(CC5(O)CCN(C(=O)CC(c6ccc(F)cc6)C6CC6)CC5)cnc34)c(Cl)c2C1. The maximum absolute atomic E-state index is 13.5. The van der Waals surface area contributed by atoms with Gasteiger partial charge in [0.05, 0.1) is 28.4 Å². The fourth-order valence-electron chi connectivity index (χ4n) is 6.92. The summed E-state index contributed by atoms with van der Waals surface area (Å²) in [6.07, 6.45) is 6.53. The van der Waals surface area contributed by atoms with Gasteiger partial charge in [-0.3, -0.25) is 14.2 Å². The number of likely N-dealkylation sites (N-methyl/N-ethyl adjacent to an activating group) is 1. The van der Waals surface area contributed by atoms with Gasteiger partial charge in [-0.25, -0.2) is 9.37 Å². The van der Waals surface area contributed by atoms with E-state index >= 15 is 0 Å². The van der Waals surface area contributed by atoms with Gasteiger partial charge in [-0.1, -0.05) is 35.9 Å². The lowest BCUT2D eigenvalue weighted by atomic mass is 9.88. The number of nitrogens with zero attached hydrogens (tertiary/aromatic N) is 4. The third-order valence-corrected chi connectivity index (χ3v) is 11.1. The summed E-state index contributed by atoms with van der Waals surface area (Å²) in [5.41, 5.74) is 3.53. The van der Waals surface area contributed by atoms with Crippen LogP contribution in [0.2, 0.25) is 5.02 Å². The lowest BCUT2D eigenvalue weighted by molar-refractivity contribution is -0.136. The number of halogens is 2. The predicted octanol–water partition coefficient (Wildman–Crippen LogP) is 4.94. The fraction of sp³-hybridized carbons (Fsp3) is 0.455. The number of amides is 1. The summed E-state index contributed by atoms with van der Waals surface area (Å²) in [6.45, 7) is 0.897. The summed E-state index contributed by atoms with van der Waals surface area (Å²) in [5, 5.41) is 15.5. The number of aliphatic hydroxyl groups is 1. The smallest absolute Gasteiger partial charge is 0.281 e. The van der Waals surface area contributed by atoms with E-state index < -0.39 is 5.60 Å². The van der Waals surface area contributed by atoms with Crippen molar-refractivity contribution in [1.82, 2.24) is 24.1 Å². The van der Waals surface area contributed by atoms with Crippen LogP contribution in [-0.4, -0.2) is 61.6 Å². The van der Waals surface area contributed by atoms with Crippen LogP contribution in [0.15, 0.2) is 47.5 Å². The van der Waals surface area contributed by atoms with Crippen LogP contribution in [0.5, 0.6) is 0 Å². The summed E-state index contributed by atoms with van der Waals surface area (Å²) in [6, 6.07) is 10.9.